The second-order valence-electron chi connectivity index (χ2n) is 5.03. The van der Waals surface area contributed by atoms with Gasteiger partial charge in [-0.3, -0.25) is 9.48 Å². The molecule has 0 bridgehead atoms. The SMILES string of the molecule is CC(Cn1cccn1)NC(=O)C(C)Oc1ccc(C#N)cc1. The molecule has 6 nitrogen and oxygen atoms in total. The number of nitriles is 1. The van der Waals surface area contributed by atoms with Gasteiger partial charge in [0.1, 0.15) is 5.75 Å². The van der Waals surface area contributed by atoms with E-state index in [9.17, 15) is 4.79 Å². The van der Waals surface area contributed by atoms with Crippen LogP contribution in [0, 0.1) is 11.3 Å². The van der Waals surface area contributed by atoms with Gasteiger partial charge in [-0.1, -0.05) is 0 Å². The summed E-state index contributed by atoms with van der Waals surface area (Å²) in [5, 5.41) is 15.7. The number of carbonyl (C=O) groups is 1. The molecule has 0 fully saturated rings. The van der Waals surface area contributed by atoms with Gasteiger partial charge in [0.2, 0.25) is 0 Å². The maximum atomic E-state index is 12.1. The first-order chi connectivity index (χ1) is 10.6. The summed E-state index contributed by atoms with van der Waals surface area (Å²) in [7, 11) is 0. The third-order valence-electron chi connectivity index (χ3n) is 3.07. The lowest BCUT2D eigenvalue weighted by atomic mass is 10.2. The average molecular weight is 298 g/mol. The van der Waals surface area contributed by atoms with Crippen molar-refractivity contribution >= 4 is 5.91 Å². The minimum atomic E-state index is -0.618. The zero-order valence-electron chi connectivity index (χ0n) is 12.6. The molecule has 1 aromatic heterocycles. The third kappa shape index (κ3) is 4.35. The third-order valence-corrected chi connectivity index (χ3v) is 3.07. The van der Waals surface area contributed by atoms with Crippen LogP contribution in [0.25, 0.3) is 0 Å². The van der Waals surface area contributed by atoms with E-state index in [1.54, 1.807) is 42.1 Å². The van der Waals surface area contributed by atoms with Crippen LogP contribution in [0.1, 0.15) is 19.4 Å². The van der Waals surface area contributed by atoms with Crippen LogP contribution in [0.15, 0.2) is 42.7 Å². The molecule has 1 amide bonds. The number of benzene rings is 1. The van der Waals surface area contributed by atoms with E-state index in [1.807, 2.05) is 25.3 Å². The number of rotatable bonds is 6. The van der Waals surface area contributed by atoms with Gasteiger partial charge in [0.15, 0.2) is 6.10 Å². The van der Waals surface area contributed by atoms with Crippen LogP contribution in [0.3, 0.4) is 0 Å². The van der Waals surface area contributed by atoms with Crippen LogP contribution in [0.5, 0.6) is 5.75 Å². The minimum absolute atomic E-state index is 0.0561. The van der Waals surface area contributed by atoms with Gasteiger partial charge in [0.25, 0.3) is 5.91 Å². The fraction of sp³-hybridized carbons (Fsp3) is 0.312. The van der Waals surface area contributed by atoms with Crippen molar-refractivity contribution in [2.24, 2.45) is 0 Å². The molecule has 2 rings (SSSR count). The van der Waals surface area contributed by atoms with Crippen molar-refractivity contribution in [3.63, 3.8) is 0 Å². The van der Waals surface area contributed by atoms with E-state index >= 15 is 0 Å². The number of ether oxygens (including phenoxy) is 1. The second kappa shape index (κ2) is 7.27. The fourth-order valence-electron chi connectivity index (χ4n) is 1.96. The van der Waals surface area contributed by atoms with Gasteiger partial charge in [-0.2, -0.15) is 10.4 Å². The summed E-state index contributed by atoms with van der Waals surface area (Å²) in [6.45, 7) is 4.20. The Bertz CT molecular complexity index is 644. The summed E-state index contributed by atoms with van der Waals surface area (Å²) >= 11 is 0. The van der Waals surface area contributed by atoms with Crippen LogP contribution in [-0.4, -0.2) is 27.8 Å². The Morgan fingerprint density at radius 2 is 2.14 bits per heavy atom. The van der Waals surface area contributed by atoms with Crippen LogP contribution in [-0.2, 0) is 11.3 Å². The second-order valence-corrected chi connectivity index (χ2v) is 5.03. The van der Waals surface area contributed by atoms with Crippen molar-refractivity contribution < 1.29 is 9.53 Å². The first-order valence-corrected chi connectivity index (χ1v) is 7.03. The molecule has 2 aromatic rings. The predicted octanol–water partition coefficient (Wildman–Crippen LogP) is 1.73. The van der Waals surface area contributed by atoms with E-state index in [-0.39, 0.29) is 11.9 Å². The largest absolute Gasteiger partial charge is 0.481 e. The molecule has 1 N–H and O–H groups in total. The smallest absolute Gasteiger partial charge is 0.261 e. The van der Waals surface area contributed by atoms with Crippen molar-refractivity contribution in [2.75, 3.05) is 0 Å². The van der Waals surface area contributed by atoms with Gasteiger partial charge < -0.3 is 10.1 Å². The molecule has 114 valence electrons. The van der Waals surface area contributed by atoms with E-state index < -0.39 is 6.10 Å². The van der Waals surface area contributed by atoms with E-state index in [0.717, 1.165) is 0 Å². The Hall–Kier alpha value is -2.81. The molecule has 0 spiro atoms. The van der Waals surface area contributed by atoms with Crippen LogP contribution >= 0.6 is 0 Å². The Balaban J connectivity index is 1.84. The lowest BCUT2D eigenvalue weighted by Gasteiger charge is -2.18. The van der Waals surface area contributed by atoms with Crippen molar-refractivity contribution in [3.8, 4) is 11.8 Å². The van der Waals surface area contributed by atoms with Gasteiger partial charge >= 0.3 is 0 Å². The fourth-order valence-corrected chi connectivity index (χ4v) is 1.96. The summed E-state index contributed by atoms with van der Waals surface area (Å²) < 4.78 is 7.33. The Labute approximate surface area is 129 Å². The molecular formula is C16H18N4O2. The Kier molecular flexibility index (Phi) is 5.15. The van der Waals surface area contributed by atoms with Gasteiger partial charge in [0, 0.05) is 18.4 Å². The lowest BCUT2D eigenvalue weighted by Crippen LogP contribution is -2.43. The number of aromatic nitrogens is 2. The van der Waals surface area contributed by atoms with Crippen LogP contribution in [0.4, 0.5) is 0 Å². The number of hydrogen-bond donors (Lipinski definition) is 1. The molecule has 0 saturated heterocycles. The molecule has 0 radical (unpaired) electrons. The quantitative estimate of drug-likeness (QED) is 0.880. The number of nitrogens with zero attached hydrogens (tertiary/aromatic N) is 3. The first-order valence-electron chi connectivity index (χ1n) is 7.03. The summed E-state index contributed by atoms with van der Waals surface area (Å²) in [6.07, 6.45) is 2.93. The molecule has 6 heteroatoms. The highest BCUT2D eigenvalue weighted by molar-refractivity contribution is 5.80. The first kappa shape index (κ1) is 15.6. The maximum Gasteiger partial charge on any atom is 0.261 e. The van der Waals surface area contributed by atoms with Gasteiger partial charge in [-0.15, -0.1) is 0 Å². The van der Waals surface area contributed by atoms with Crippen LogP contribution < -0.4 is 10.1 Å². The van der Waals surface area contributed by atoms with Crippen molar-refractivity contribution in [1.29, 1.82) is 5.26 Å². The van der Waals surface area contributed by atoms with Crippen molar-refractivity contribution in [1.82, 2.24) is 15.1 Å². The van der Waals surface area contributed by atoms with E-state index in [1.165, 1.54) is 0 Å². The highest BCUT2D eigenvalue weighted by Gasteiger charge is 2.17. The topological polar surface area (TPSA) is 79.9 Å². The molecular weight excluding hydrogens is 280 g/mol. The van der Waals surface area contributed by atoms with Crippen molar-refractivity contribution in [2.45, 2.75) is 32.5 Å². The molecule has 1 heterocycles. The normalized spacial score (nSPS) is 13.0. The molecule has 2 unspecified atom stereocenters. The lowest BCUT2D eigenvalue weighted by molar-refractivity contribution is -0.128. The maximum absolute atomic E-state index is 12.1. The van der Waals surface area contributed by atoms with E-state index in [4.69, 9.17) is 10.00 Å². The average Bonchev–Trinajstić information content (AvgIpc) is 3.00. The monoisotopic (exact) mass is 298 g/mol. The summed E-state index contributed by atoms with van der Waals surface area (Å²) in [6, 6.07) is 10.5. The van der Waals surface area contributed by atoms with E-state index in [0.29, 0.717) is 17.9 Å². The number of carbonyl (C=O) groups excluding carboxylic acids is 1. The number of hydrogen-bond acceptors (Lipinski definition) is 4. The molecule has 22 heavy (non-hydrogen) atoms. The molecule has 0 aliphatic carbocycles. The Morgan fingerprint density at radius 3 is 2.73 bits per heavy atom. The predicted molar refractivity (Wildman–Crippen MR) is 81.1 cm³/mol. The van der Waals surface area contributed by atoms with Gasteiger partial charge in [-0.25, -0.2) is 0 Å². The van der Waals surface area contributed by atoms with Crippen LogP contribution in [0.2, 0.25) is 0 Å². The molecule has 0 aliphatic rings. The van der Waals surface area contributed by atoms with E-state index in [2.05, 4.69) is 10.4 Å². The summed E-state index contributed by atoms with van der Waals surface area (Å²) in [4.78, 5) is 12.1. The molecule has 2 atom stereocenters. The highest BCUT2D eigenvalue weighted by atomic mass is 16.5. The Morgan fingerprint density at radius 1 is 1.41 bits per heavy atom. The minimum Gasteiger partial charge on any atom is -0.481 e. The van der Waals surface area contributed by atoms with Gasteiger partial charge in [-0.05, 0) is 44.2 Å². The zero-order valence-corrected chi connectivity index (χ0v) is 12.6. The van der Waals surface area contributed by atoms with Gasteiger partial charge in [0.05, 0.1) is 18.2 Å². The number of amides is 1. The number of nitrogens with one attached hydrogen (secondary N) is 1. The highest BCUT2D eigenvalue weighted by Crippen LogP contribution is 2.13. The summed E-state index contributed by atoms with van der Waals surface area (Å²) in [5.41, 5.74) is 0.553. The molecule has 1 aromatic carbocycles. The van der Waals surface area contributed by atoms with Crippen molar-refractivity contribution in [3.05, 3.63) is 48.3 Å². The molecule has 0 saturated carbocycles. The standard InChI is InChI=1S/C16H18N4O2/c1-12(11-20-9-3-8-18-20)19-16(21)13(2)22-15-6-4-14(10-17)5-7-15/h3-9,12-13H,11H2,1-2H3,(H,19,21). The zero-order chi connectivity index (χ0) is 15.9. The molecule has 0 aliphatic heterocycles. The summed E-state index contributed by atoms with van der Waals surface area (Å²) in [5.74, 6) is 0.366.